The predicted octanol–water partition coefficient (Wildman–Crippen LogP) is 3.54. The first kappa shape index (κ1) is 12.5. The molecule has 0 aliphatic carbocycles. The summed E-state index contributed by atoms with van der Waals surface area (Å²) >= 11 is 2.33. The van der Waals surface area contributed by atoms with Gasteiger partial charge in [0, 0.05) is 12.1 Å². The number of nitrogens with one attached hydrogen (secondary N) is 1. The lowest BCUT2D eigenvalue weighted by atomic mass is 10.2. The summed E-state index contributed by atoms with van der Waals surface area (Å²) in [6.45, 7) is 2.03. The summed E-state index contributed by atoms with van der Waals surface area (Å²) in [5, 5.41) is 2.89. The molecule has 2 nitrogen and oxygen atoms in total. The zero-order valence-corrected chi connectivity index (χ0v) is 11.1. The number of aryl methyl sites for hydroxylation is 1. The van der Waals surface area contributed by atoms with Crippen molar-refractivity contribution < 1.29 is 4.79 Å². The zero-order chi connectivity index (χ0) is 11.1. The number of halogens is 1. The van der Waals surface area contributed by atoms with E-state index in [4.69, 9.17) is 0 Å². The van der Waals surface area contributed by atoms with Crippen molar-refractivity contribution in [1.82, 2.24) is 0 Å². The van der Waals surface area contributed by atoms with Crippen LogP contribution in [0.1, 0.15) is 24.8 Å². The second-order valence-corrected chi connectivity index (χ2v) is 4.64. The summed E-state index contributed by atoms with van der Waals surface area (Å²) in [5.41, 5.74) is 2.10. The Hall–Kier alpha value is -0.580. The molecule has 0 unspecified atom stereocenters. The number of hydrogen-bond donors (Lipinski definition) is 1. The molecule has 0 heterocycles. The van der Waals surface area contributed by atoms with Crippen LogP contribution in [-0.2, 0) is 4.79 Å². The minimum absolute atomic E-state index is 0.115. The Bertz CT molecular complexity index is 308. The summed E-state index contributed by atoms with van der Waals surface area (Å²) in [5.74, 6) is 0.115. The summed E-state index contributed by atoms with van der Waals surface area (Å²) in [6.07, 6.45) is 2.71. The van der Waals surface area contributed by atoms with Crippen LogP contribution >= 0.6 is 22.6 Å². The molecule has 1 rings (SSSR count). The highest BCUT2D eigenvalue weighted by molar-refractivity contribution is 14.1. The Morgan fingerprint density at radius 2 is 1.93 bits per heavy atom. The van der Waals surface area contributed by atoms with Gasteiger partial charge in [0.25, 0.3) is 0 Å². The number of carbonyl (C=O) groups is 1. The Balaban J connectivity index is 2.34. The lowest BCUT2D eigenvalue weighted by Gasteiger charge is -2.04. The first-order valence-electron chi connectivity index (χ1n) is 5.15. The van der Waals surface area contributed by atoms with Gasteiger partial charge in [0.05, 0.1) is 0 Å². The maximum absolute atomic E-state index is 11.5. The van der Waals surface area contributed by atoms with Crippen LogP contribution in [0.15, 0.2) is 24.3 Å². The maximum Gasteiger partial charge on any atom is 0.224 e. The maximum atomic E-state index is 11.5. The van der Waals surface area contributed by atoms with E-state index >= 15 is 0 Å². The Kier molecular flexibility index (Phi) is 5.68. The minimum atomic E-state index is 0.115. The van der Waals surface area contributed by atoms with Crippen molar-refractivity contribution in [3.63, 3.8) is 0 Å². The quantitative estimate of drug-likeness (QED) is 0.502. The van der Waals surface area contributed by atoms with E-state index in [-0.39, 0.29) is 5.91 Å². The van der Waals surface area contributed by atoms with Crippen molar-refractivity contribution in [3.05, 3.63) is 29.8 Å². The number of rotatable bonds is 5. The number of alkyl halides is 1. The van der Waals surface area contributed by atoms with Gasteiger partial charge in [-0.15, -0.1) is 0 Å². The van der Waals surface area contributed by atoms with E-state index in [2.05, 4.69) is 27.9 Å². The van der Waals surface area contributed by atoms with Crippen LogP contribution in [0.4, 0.5) is 5.69 Å². The molecule has 82 valence electrons. The zero-order valence-electron chi connectivity index (χ0n) is 8.92. The molecule has 0 saturated heterocycles. The lowest BCUT2D eigenvalue weighted by molar-refractivity contribution is -0.116. The largest absolute Gasteiger partial charge is 0.326 e. The number of anilines is 1. The molecule has 3 heteroatoms. The summed E-state index contributed by atoms with van der Waals surface area (Å²) in [6, 6.07) is 7.87. The number of benzene rings is 1. The van der Waals surface area contributed by atoms with E-state index in [0.29, 0.717) is 6.42 Å². The second-order valence-electron chi connectivity index (χ2n) is 3.56. The van der Waals surface area contributed by atoms with E-state index < -0.39 is 0 Å². The number of carbonyl (C=O) groups excluding carboxylic acids is 1. The molecule has 0 atom stereocenters. The van der Waals surface area contributed by atoms with Gasteiger partial charge in [0.15, 0.2) is 0 Å². The molecule has 0 aromatic heterocycles. The fraction of sp³-hybridized carbons (Fsp3) is 0.417. The minimum Gasteiger partial charge on any atom is -0.326 e. The van der Waals surface area contributed by atoms with Gasteiger partial charge in [-0.2, -0.15) is 0 Å². The molecule has 1 aromatic rings. The molecule has 0 fully saturated rings. The molecule has 1 N–H and O–H groups in total. The van der Waals surface area contributed by atoms with Crippen molar-refractivity contribution in [2.75, 3.05) is 9.74 Å². The third kappa shape index (κ3) is 5.16. The van der Waals surface area contributed by atoms with Gasteiger partial charge in [-0.3, -0.25) is 4.79 Å². The first-order chi connectivity index (χ1) is 7.22. The molecule has 0 bridgehead atoms. The average Bonchev–Trinajstić information content (AvgIpc) is 2.22. The van der Waals surface area contributed by atoms with Crippen LogP contribution in [0.25, 0.3) is 0 Å². The molecule has 1 amide bonds. The Morgan fingerprint density at radius 3 is 2.53 bits per heavy atom. The first-order valence-corrected chi connectivity index (χ1v) is 6.67. The monoisotopic (exact) mass is 317 g/mol. The average molecular weight is 317 g/mol. The van der Waals surface area contributed by atoms with E-state index in [1.54, 1.807) is 0 Å². The van der Waals surface area contributed by atoms with Crippen molar-refractivity contribution in [3.8, 4) is 0 Å². The van der Waals surface area contributed by atoms with Gasteiger partial charge < -0.3 is 5.32 Å². The smallest absolute Gasteiger partial charge is 0.224 e. The topological polar surface area (TPSA) is 29.1 Å². The van der Waals surface area contributed by atoms with Gasteiger partial charge in [0.2, 0.25) is 5.91 Å². The molecular weight excluding hydrogens is 301 g/mol. The number of unbranched alkanes of at least 4 members (excludes halogenated alkanes) is 1. The van der Waals surface area contributed by atoms with E-state index in [0.717, 1.165) is 23.0 Å². The van der Waals surface area contributed by atoms with Crippen LogP contribution in [0.3, 0.4) is 0 Å². The second kappa shape index (κ2) is 6.82. The van der Waals surface area contributed by atoms with Crippen LogP contribution in [0.2, 0.25) is 0 Å². The number of amides is 1. The van der Waals surface area contributed by atoms with Crippen LogP contribution in [0, 0.1) is 6.92 Å². The van der Waals surface area contributed by atoms with E-state index in [1.807, 2.05) is 31.2 Å². The van der Waals surface area contributed by atoms with E-state index in [9.17, 15) is 4.79 Å². The molecule has 0 radical (unpaired) electrons. The standard InChI is InChI=1S/C12H16INO/c1-10-5-7-11(8-6-10)14-12(15)4-2-3-9-13/h5-8H,2-4,9H2,1H3,(H,14,15). The summed E-state index contributed by atoms with van der Waals surface area (Å²) in [4.78, 5) is 11.5. The highest BCUT2D eigenvalue weighted by Gasteiger charge is 2.01. The molecule has 1 aromatic carbocycles. The molecule has 0 spiro atoms. The van der Waals surface area contributed by atoms with Crippen LogP contribution < -0.4 is 5.32 Å². The SMILES string of the molecule is Cc1ccc(NC(=O)CCCCI)cc1. The van der Waals surface area contributed by atoms with Gasteiger partial charge >= 0.3 is 0 Å². The van der Waals surface area contributed by atoms with Crippen molar-refractivity contribution in [1.29, 1.82) is 0 Å². The fourth-order valence-electron chi connectivity index (χ4n) is 1.24. The summed E-state index contributed by atoms with van der Waals surface area (Å²) < 4.78 is 1.12. The fourth-order valence-corrected chi connectivity index (χ4v) is 1.78. The van der Waals surface area contributed by atoms with Crippen LogP contribution in [0.5, 0.6) is 0 Å². The Morgan fingerprint density at radius 1 is 1.27 bits per heavy atom. The Labute approximate surface area is 105 Å². The van der Waals surface area contributed by atoms with Crippen molar-refractivity contribution in [2.24, 2.45) is 0 Å². The van der Waals surface area contributed by atoms with E-state index in [1.165, 1.54) is 5.56 Å². The molecular formula is C12H16INO. The molecule has 15 heavy (non-hydrogen) atoms. The van der Waals surface area contributed by atoms with Crippen molar-refractivity contribution >= 4 is 34.2 Å². The summed E-state index contributed by atoms with van der Waals surface area (Å²) in [7, 11) is 0. The molecule has 0 aliphatic heterocycles. The van der Waals surface area contributed by atoms with Gasteiger partial charge in [-0.25, -0.2) is 0 Å². The van der Waals surface area contributed by atoms with Gasteiger partial charge in [-0.1, -0.05) is 40.3 Å². The van der Waals surface area contributed by atoms with Crippen molar-refractivity contribution in [2.45, 2.75) is 26.2 Å². The lowest BCUT2D eigenvalue weighted by Crippen LogP contribution is -2.10. The normalized spacial score (nSPS) is 10.0. The van der Waals surface area contributed by atoms with Gasteiger partial charge in [-0.05, 0) is 36.3 Å². The van der Waals surface area contributed by atoms with Crippen LogP contribution in [-0.4, -0.2) is 10.3 Å². The molecule has 0 aliphatic rings. The predicted molar refractivity (Wildman–Crippen MR) is 72.5 cm³/mol. The highest BCUT2D eigenvalue weighted by Crippen LogP contribution is 2.09. The number of hydrogen-bond acceptors (Lipinski definition) is 1. The van der Waals surface area contributed by atoms with Gasteiger partial charge in [0.1, 0.15) is 0 Å². The third-order valence-corrected chi connectivity index (χ3v) is 2.89. The third-order valence-electron chi connectivity index (χ3n) is 2.12. The molecule has 0 saturated carbocycles. The highest BCUT2D eigenvalue weighted by atomic mass is 127.